The summed E-state index contributed by atoms with van der Waals surface area (Å²) in [5.74, 6) is 2.75. The monoisotopic (exact) mass is 348 g/mol. The normalized spacial score (nSPS) is 12.1. The standard InChI is InChI=1S/C20H20N4O2/c1-12-6-13(2)8-16(7-12)23-20-21-14(3)9-19(24-20)22-15-4-5-17-18(10-15)26-11-25-17/h4-10H,11H2,1-3H3,(H2,21,22,23,24). The predicted molar refractivity (Wildman–Crippen MR) is 102 cm³/mol. The van der Waals surface area contributed by atoms with E-state index in [4.69, 9.17) is 9.47 Å². The molecule has 4 rings (SSSR count). The van der Waals surface area contributed by atoms with E-state index in [0.29, 0.717) is 11.8 Å². The van der Waals surface area contributed by atoms with Gasteiger partial charge in [-0.1, -0.05) is 6.07 Å². The van der Waals surface area contributed by atoms with Crippen molar-refractivity contribution in [2.24, 2.45) is 0 Å². The summed E-state index contributed by atoms with van der Waals surface area (Å²) in [6.07, 6.45) is 0. The molecular formula is C20H20N4O2. The third-order valence-corrected chi connectivity index (χ3v) is 3.98. The molecule has 0 radical (unpaired) electrons. The van der Waals surface area contributed by atoms with Gasteiger partial charge >= 0.3 is 0 Å². The average molecular weight is 348 g/mol. The second-order valence-electron chi connectivity index (χ2n) is 6.41. The number of anilines is 4. The summed E-state index contributed by atoms with van der Waals surface area (Å²) in [7, 11) is 0. The highest BCUT2D eigenvalue weighted by Gasteiger charge is 2.13. The van der Waals surface area contributed by atoms with Gasteiger partial charge in [0.2, 0.25) is 12.7 Å². The van der Waals surface area contributed by atoms with E-state index in [1.165, 1.54) is 11.1 Å². The number of aryl methyl sites for hydroxylation is 3. The van der Waals surface area contributed by atoms with Crippen LogP contribution in [-0.4, -0.2) is 16.8 Å². The molecule has 0 saturated carbocycles. The van der Waals surface area contributed by atoms with Gasteiger partial charge in [-0.2, -0.15) is 4.98 Å². The van der Waals surface area contributed by atoms with Crippen molar-refractivity contribution in [1.82, 2.24) is 9.97 Å². The van der Waals surface area contributed by atoms with E-state index in [1.807, 2.05) is 31.2 Å². The number of ether oxygens (including phenoxy) is 2. The van der Waals surface area contributed by atoms with Crippen LogP contribution in [0.15, 0.2) is 42.5 Å². The van der Waals surface area contributed by atoms with Crippen LogP contribution in [0.4, 0.5) is 23.1 Å². The predicted octanol–water partition coefficient (Wildman–Crippen LogP) is 4.62. The first-order valence-corrected chi connectivity index (χ1v) is 8.43. The van der Waals surface area contributed by atoms with Crippen molar-refractivity contribution in [3.63, 3.8) is 0 Å². The lowest BCUT2D eigenvalue weighted by molar-refractivity contribution is 0.174. The van der Waals surface area contributed by atoms with Crippen molar-refractivity contribution in [3.8, 4) is 11.5 Å². The second kappa shape index (κ2) is 6.55. The molecule has 0 fully saturated rings. The fourth-order valence-electron chi connectivity index (χ4n) is 2.99. The quantitative estimate of drug-likeness (QED) is 0.717. The number of rotatable bonds is 4. The number of hydrogen-bond donors (Lipinski definition) is 2. The van der Waals surface area contributed by atoms with Crippen molar-refractivity contribution in [2.45, 2.75) is 20.8 Å². The van der Waals surface area contributed by atoms with Crippen LogP contribution in [0.5, 0.6) is 11.5 Å². The van der Waals surface area contributed by atoms with E-state index in [1.54, 1.807) is 0 Å². The maximum atomic E-state index is 5.42. The summed E-state index contributed by atoms with van der Waals surface area (Å²) < 4.78 is 10.8. The molecule has 0 aliphatic carbocycles. The van der Waals surface area contributed by atoms with Crippen LogP contribution >= 0.6 is 0 Å². The van der Waals surface area contributed by atoms with Crippen LogP contribution in [0.25, 0.3) is 0 Å². The van der Waals surface area contributed by atoms with E-state index in [-0.39, 0.29) is 6.79 Å². The van der Waals surface area contributed by atoms with Crippen molar-refractivity contribution in [3.05, 3.63) is 59.3 Å². The minimum Gasteiger partial charge on any atom is -0.454 e. The molecule has 2 heterocycles. The number of aromatic nitrogens is 2. The Morgan fingerprint density at radius 1 is 0.769 bits per heavy atom. The number of hydrogen-bond acceptors (Lipinski definition) is 6. The molecule has 1 aliphatic heterocycles. The lowest BCUT2D eigenvalue weighted by Crippen LogP contribution is -2.02. The molecule has 0 saturated heterocycles. The molecule has 6 heteroatoms. The maximum Gasteiger partial charge on any atom is 0.231 e. The summed E-state index contributed by atoms with van der Waals surface area (Å²) in [5, 5.41) is 6.58. The lowest BCUT2D eigenvalue weighted by atomic mass is 10.1. The highest BCUT2D eigenvalue weighted by atomic mass is 16.7. The third kappa shape index (κ3) is 3.54. The van der Waals surface area contributed by atoms with Gasteiger partial charge in [0.1, 0.15) is 5.82 Å². The highest BCUT2D eigenvalue weighted by Crippen LogP contribution is 2.35. The zero-order valence-electron chi connectivity index (χ0n) is 15.0. The first-order chi connectivity index (χ1) is 12.5. The summed E-state index contributed by atoms with van der Waals surface area (Å²) in [6, 6.07) is 13.9. The molecule has 0 unspecified atom stereocenters. The van der Waals surface area contributed by atoms with Crippen LogP contribution in [0.3, 0.4) is 0 Å². The fraction of sp³-hybridized carbons (Fsp3) is 0.200. The van der Waals surface area contributed by atoms with Gasteiger partial charge in [-0.25, -0.2) is 4.98 Å². The molecule has 6 nitrogen and oxygen atoms in total. The van der Waals surface area contributed by atoms with Crippen LogP contribution in [-0.2, 0) is 0 Å². The Morgan fingerprint density at radius 3 is 2.35 bits per heavy atom. The van der Waals surface area contributed by atoms with Gasteiger partial charge in [-0.05, 0) is 56.2 Å². The van der Waals surface area contributed by atoms with Gasteiger partial charge in [0, 0.05) is 29.2 Å². The van der Waals surface area contributed by atoms with Crippen LogP contribution in [0.2, 0.25) is 0 Å². The van der Waals surface area contributed by atoms with Gasteiger partial charge in [-0.3, -0.25) is 0 Å². The van der Waals surface area contributed by atoms with Gasteiger partial charge in [0.05, 0.1) is 0 Å². The molecule has 0 amide bonds. The first kappa shape index (κ1) is 16.2. The zero-order chi connectivity index (χ0) is 18.1. The van der Waals surface area contributed by atoms with Crippen molar-refractivity contribution in [1.29, 1.82) is 0 Å². The van der Waals surface area contributed by atoms with Gasteiger partial charge < -0.3 is 20.1 Å². The Morgan fingerprint density at radius 2 is 1.54 bits per heavy atom. The van der Waals surface area contributed by atoms with Gasteiger partial charge in [-0.15, -0.1) is 0 Å². The maximum absolute atomic E-state index is 5.42. The van der Waals surface area contributed by atoms with E-state index >= 15 is 0 Å². The lowest BCUT2D eigenvalue weighted by Gasteiger charge is -2.11. The van der Waals surface area contributed by atoms with E-state index < -0.39 is 0 Å². The zero-order valence-corrected chi connectivity index (χ0v) is 15.0. The van der Waals surface area contributed by atoms with Crippen LogP contribution < -0.4 is 20.1 Å². The molecule has 0 atom stereocenters. The number of nitrogens with zero attached hydrogens (tertiary/aromatic N) is 2. The Labute approximate surface area is 152 Å². The second-order valence-corrected chi connectivity index (χ2v) is 6.41. The van der Waals surface area contributed by atoms with Crippen molar-refractivity contribution in [2.75, 3.05) is 17.4 Å². The molecule has 26 heavy (non-hydrogen) atoms. The molecule has 0 bridgehead atoms. The summed E-state index contributed by atoms with van der Waals surface area (Å²) in [6.45, 7) is 6.35. The third-order valence-electron chi connectivity index (χ3n) is 3.98. The Kier molecular flexibility index (Phi) is 4.08. The van der Waals surface area contributed by atoms with E-state index in [9.17, 15) is 0 Å². The molecule has 0 spiro atoms. The molecule has 132 valence electrons. The minimum atomic E-state index is 0.259. The highest BCUT2D eigenvalue weighted by molar-refractivity contribution is 5.64. The summed E-state index contributed by atoms with van der Waals surface area (Å²) in [5.41, 5.74) is 5.11. The fourth-order valence-corrected chi connectivity index (χ4v) is 2.99. The molecule has 1 aliphatic rings. The van der Waals surface area contributed by atoms with Crippen LogP contribution in [0.1, 0.15) is 16.8 Å². The van der Waals surface area contributed by atoms with Gasteiger partial charge in [0.25, 0.3) is 0 Å². The molecule has 2 aromatic carbocycles. The molecule has 2 N–H and O–H groups in total. The first-order valence-electron chi connectivity index (χ1n) is 8.43. The largest absolute Gasteiger partial charge is 0.454 e. The average Bonchev–Trinajstić information content (AvgIpc) is 3.01. The minimum absolute atomic E-state index is 0.259. The molecule has 1 aromatic heterocycles. The van der Waals surface area contributed by atoms with Crippen molar-refractivity contribution >= 4 is 23.1 Å². The number of fused-ring (bicyclic) bond motifs is 1. The van der Waals surface area contributed by atoms with E-state index in [2.05, 4.69) is 52.6 Å². The Bertz CT molecular complexity index is 952. The smallest absolute Gasteiger partial charge is 0.231 e. The van der Waals surface area contributed by atoms with E-state index in [0.717, 1.165) is 28.6 Å². The topological polar surface area (TPSA) is 68.3 Å². The SMILES string of the molecule is Cc1cc(C)cc(Nc2nc(C)cc(Nc3ccc4c(c3)OCO4)n2)c1. The molecule has 3 aromatic rings. The van der Waals surface area contributed by atoms with Crippen LogP contribution in [0, 0.1) is 20.8 Å². The van der Waals surface area contributed by atoms with Crippen molar-refractivity contribution < 1.29 is 9.47 Å². The number of nitrogens with one attached hydrogen (secondary N) is 2. The van der Waals surface area contributed by atoms with Gasteiger partial charge in [0.15, 0.2) is 11.5 Å². The Balaban J connectivity index is 1.58. The summed E-state index contributed by atoms with van der Waals surface area (Å²) in [4.78, 5) is 9.05. The number of benzene rings is 2. The molecular weight excluding hydrogens is 328 g/mol. The summed E-state index contributed by atoms with van der Waals surface area (Å²) >= 11 is 0. The Hall–Kier alpha value is -3.28.